The number of amides is 2. The molecule has 0 spiro atoms. The highest BCUT2D eigenvalue weighted by Gasteiger charge is 2.30. The summed E-state index contributed by atoms with van der Waals surface area (Å²) < 4.78 is 26.1. The number of rotatable bonds is 11. The van der Waals surface area contributed by atoms with Crippen LogP contribution in [-0.4, -0.2) is 56.3 Å². The second kappa shape index (κ2) is 11.6. The first-order valence-corrected chi connectivity index (χ1v) is 12.6. The fraction of sp³-hybridized carbons (Fsp3) is 0.375. The summed E-state index contributed by atoms with van der Waals surface area (Å²) >= 11 is 0. The Balaban J connectivity index is 2.38. The Hall–Kier alpha value is -3.20. The third-order valence-corrected chi connectivity index (χ3v) is 6.27. The maximum absolute atomic E-state index is 13.4. The second-order valence-electron chi connectivity index (χ2n) is 7.85. The molecule has 0 aliphatic carbocycles. The van der Waals surface area contributed by atoms with Gasteiger partial charge in [-0.1, -0.05) is 49.4 Å². The zero-order chi connectivity index (χ0) is 24.6. The van der Waals surface area contributed by atoms with E-state index in [1.165, 1.54) is 24.0 Å². The van der Waals surface area contributed by atoms with Crippen molar-refractivity contribution in [1.29, 1.82) is 0 Å². The summed E-state index contributed by atoms with van der Waals surface area (Å²) in [6, 6.07) is 14.5. The van der Waals surface area contributed by atoms with Crippen molar-refractivity contribution >= 4 is 33.3 Å². The van der Waals surface area contributed by atoms with Crippen LogP contribution in [0.3, 0.4) is 0 Å². The predicted octanol–water partition coefficient (Wildman–Crippen LogP) is 2.60. The Labute approximate surface area is 195 Å². The molecule has 1 unspecified atom stereocenters. The SMILES string of the molecule is CCCNC(=O)C(C)N(Cc1ccccc1)C(=O)CN(c1cccc(C(C)=O)c1)S(C)(=O)=O. The van der Waals surface area contributed by atoms with Gasteiger partial charge in [0.15, 0.2) is 5.78 Å². The van der Waals surface area contributed by atoms with Gasteiger partial charge in [-0.25, -0.2) is 8.42 Å². The van der Waals surface area contributed by atoms with Gasteiger partial charge in [-0.3, -0.25) is 18.7 Å². The van der Waals surface area contributed by atoms with Gasteiger partial charge in [0.25, 0.3) is 0 Å². The van der Waals surface area contributed by atoms with Crippen molar-refractivity contribution in [1.82, 2.24) is 10.2 Å². The zero-order valence-electron chi connectivity index (χ0n) is 19.4. The Morgan fingerprint density at radius 2 is 1.70 bits per heavy atom. The van der Waals surface area contributed by atoms with Crippen LogP contribution < -0.4 is 9.62 Å². The molecule has 0 aliphatic rings. The van der Waals surface area contributed by atoms with Gasteiger partial charge in [-0.15, -0.1) is 0 Å². The number of benzene rings is 2. The average molecular weight is 474 g/mol. The smallest absolute Gasteiger partial charge is 0.244 e. The lowest BCUT2D eigenvalue weighted by atomic mass is 10.1. The number of Topliss-reactive ketones (excluding diaryl/α,β-unsaturated/α-hetero) is 1. The van der Waals surface area contributed by atoms with Crippen LogP contribution in [0.15, 0.2) is 54.6 Å². The molecule has 0 aliphatic heterocycles. The molecule has 2 aromatic rings. The molecule has 1 atom stereocenters. The monoisotopic (exact) mass is 473 g/mol. The number of ketones is 1. The van der Waals surface area contributed by atoms with E-state index in [2.05, 4.69) is 5.32 Å². The zero-order valence-corrected chi connectivity index (χ0v) is 20.3. The third-order valence-electron chi connectivity index (χ3n) is 5.13. The first-order chi connectivity index (χ1) is 15.5. The molecule has 2 amide bonds. The molecule has 2 aromatic carbocycles. The summed E-state index contributed by atoms with van der Waals surface area (Å²) in [4.78, 5) is 39.2. The second-order valence-corrected chi connectivity index (χ2v) is 9.76. The number of carbonyl (C=O) groups is 3. The molecule has 0 aromatic heterocycles. The minimum absolute atomic E-state index is 0.144. The minimum Gasteiger partial charge on any atom is -0.354 e. The molecule has 0 saturated heterocycles. The number of hydrogen-bond donors (Lipinski definition) is 1. The molecule has 8 nitrogen and oxygen atoms in total. The minimum atomic E-state index is -3.85. The van der Waals surface area contributed by atoms with Crippen LogP contribution in [0.1, 0.15) is 43.1 Å². The van der Waals surface area contributed by atoms with Crippen LogP contribution in [0.4, 0.5) is 5.69 Å². The first-order valence-electron chi connectivity index (χ1n) is 10.7. The topological polar surface area (TPSA) is 104 Å². The molecule has 0 fully saturated rings. The highest BCUT2D eigenvalue weighted by Crippen LogP contribution is 2.21. The van der Waals surface area contributed by atoms with E-state index in [9.17, 15) is 22.8 Å². The average Bonchev–Trinajstić information content (AvgIpc) is 2.78. The molecule has 33 heavy (non-hydrogen) atoms. The van der Waals surface area contributed by atoms with E-state index in [0.29, 0.717) is 12.1 Å². The van der Waals surface area contributed by atoms with Gasteiger partial charge in [0.05, 0.1) is 11.9 Å². The van der Waals surface area contributed by atoms with Crippen molar-refractivity contribution in [2.45, 2.75) is 39.8 Å². The molecule has 1 N–H and O–H groups in total. The largest absolute Gasteiger partial charge is 0.354 e. The molecule has 0 bridgehead atoms. The van der Waals surface area contributed by atoms with E-state index in [1.807, 2.05) is 37.3 Å². The van der Waals surface area contributed by atoms with Crippen LogP contribution in [0.2, 0.25) is 0 Å². The standard InChI is InChI=1S/C24H31N3O5S/c1-5-14-25-24(30)18(2)26(16-20-10-7-6-8-11-20)23(29)17-27(33(4,31)32)22-13-9-12-21(15-22)19(3)28/h6-13,15,18H,5,14,16-17H2,1-4H3,(H,25,30). The first kappa shape index (κ1) is 26.1. The van der Waals surface area contributed by atoms with Crippen LogP contribution in [0.5, 0.6) is 0 Å². The summed E-state index contributed by atoms with van der Waals surface area (Å²) in [6.45, 7) is 5.05. The molecule has 2 rings (SSSR count). The molecular formula is C24H31N3O5S. The van der Waals surface area contributed by atoms with E-state index in [4.69, 9.17) is 0 Å². The summed E-state index contributed by atoms with van der Waals surface area (Å²) in [6.07, 6.45) is 1.75. The highest BCUT2D eigenvalue weighted by atomic mass is 32.2. The summed E-state index contributed by atoms with van der Waals surface area (Å²) in [5.74, 6) is -1.06. The Morgan fingerprint density at radius 3 is 2.27 bits per heavy atom. The lowest BCUT2D eigenvalue weighted by molar-refractivity contribution is -0.139. The van der Waals surface area contributed by atoms with Gasteiger partial charge in [0.2, 0.25) is 21.8 Å². The lowest BCUT2D eigenvalue weighted by Crippen LogP contribution is -2.51. The van der Waals surface area contributed by atoms with Gasteiger partial charge in [-0.2, -0.15) is 0 Å². The fourth-order valence-corrected chi connectivity index (χ4v) is 4.09. The van der Waals surface area contributed by atoms with Crippen molar-refractivity contribution in [2.24, 2.45) is 0 Å². The van der Waals surface area contributed by atoms with Crippen LogP contribution in [0, 0.1) is 0 Å². The van der Waals surface area contributed by atoms with Crippen molar-refractivity contribution < 1.29 is 22.8 Å². The maximum Gasteiger partial charge on any atom is 0.244 e. The molecular weight excluding hydrogens is 442 g/mol. The fourth-order valence-electron chi connectivity index (χ4n) is 3.25. The molecule has 9 heteroatoms. The number of nitrogens with one attached hydrogen (secondary N) is 1. The Kier molecular flexibility index (Phi) is 9.16. The van der Waals surface area contributed by atoms with Crippen molar-refractivity contribution in [3.63, 3.8) is 0 Å². The number of sulfonamides is 1. The van der Waals surface area contributed by atoms with Crippen LogP contribution in [0.25, 0.3) is 0 Å². The van der Waals surface area contributed by atoms with E-state index in [-0.39, 0.29) is 23.9 Å². The predicted molar refractivity (Wildman–Crippen MR) is 128 cm³/mol. The van der Waals surface area contributed by atoms with E-state index in [0.717, 1.165) is 22.5 Å². The Bertz CT molecular complexity index is 1090. The van der Waals surface area contributed by atoms with E-state index in [1.54, 1.807) is 19.1 Å². The van der Waals surface area contributed by atoms with Crippen molar-refractivity contribution in [3.8, 4) is 0 Å². The van der Waals surface area contributed by atoms with Crippen LogP contribution >= 0.6 is 0 Å². The van der Waals surface area contributed by atoms with E-state index >= 15 is 0 Å². The maximum atomic E-state index is 13.4. The van der Waals surface area contributed by atoms with Gasteiger partial charge in [-0.05, 0) is 38.0 Å². The summed E-state index contributed by atoms with van der Waals surface area (Å²) in [5.41, 5.74) is 1.36. The number of nitrogens with zero attached hydrogens (tertiary/aromatic N) is 2. The third kappa shape index (κ3) is 7.42. The normalized spacial score (nSPS) is 12.0. The summed E-state index contributed by atoms with van der Waals surface area (Å²) in [5, 5.41) is 2.79. The highest BCUT2D eigenvalue weighted by molar-refractivity contribution is 7.92. The summed E-state index contributed by atoms with van der Waals surface area (Å²) in [7, 11) is -3.85. The van der Waals surface area contributed by atoms with Gasteiger partial charge in [0, 0.05) is 18.7 Å². The van der Waals surface area contributed by atoms with E-state index < -0.39 is 28.5 Å². The van der Waals surface area contributed by atoms with Gasteiger partial charge in [0.1, 0.15) is 12.6 Å². The molecule has 0 radical (unpaired) electrons. The molecule has 178 valence electrons. The Morgan fingerprint density at radius 1 is 1.03 bits per heavy atom. The van der Waals surface area contributed by atoms with Gasteiger partial charge < -0.3 is 10.2 Å². The van der Waals surface area contributed by atoms with Gasteiger partial charge >= 0.3 is 0 Å². The lowest BCUT2D eigenvalue weighted by Gasteiger charge is -2.31. The van der Waals surface area contributed by atoms with Crippen molar-refractivity contribution in [3.05, 3.63) is 65.7 Å². The number of carbonyl (C=O) groups excluding carboxylic acids is 3. The van der Waals surface area contributed by atoms with Crippen molar-refractivity contribution in [2.75, 3.05) is 23.7 Å². The molecule has 0 saturated carbocycles. The number of hydrogen-bond acceptors (Lipinski definition) is 5. The quantitative estimate of drug-likeness (QED) is 0.505. The van der Waals surface area contributed by atoms with Crippen LogP contribution in [-0.2, 0) is 26.2 Å². The molecule has 0 heterocycles. The number of anilines is 1.